The number of amides is 1. The Bertz CT molecular complexity index is 600. The van der Waals surface area contributed by atoms with E-state index in [9.17, 15) is 14.9 Å². The van der Waals surface area contributed by atoms with E-state index in [2.05, 4.69) is 15.5 Å². The van der Waals surface area contributed by atoms with Crippen molar-refractivity contribution in [2.75, 3.05) is 45.7 Å². The first-order chi connectivity index (χ1) is 12.0. The predicted molar refractivity (Wildman–Crippen MR) is 96.0 cm³/mol. The van der Waals surface area contributed by atoms with Crippen molar-refractivity contribution in [3.8, 4) is 5.75 Å². The molecule has 1 aromatic rings. The van der Waals surface area contributed by atoms with E-state index >= 15 is 0 Å². The molecule has 2 rings (SSSR count). The van der Waals surface area contributed by atoms with Crippen molar-refractivity contribution in [1.29, 1.82) is 0 Å². The zero-order chi connectivity index (χ0) is 18.2. The summed E-state index contributed by atoms with van der Waals surface area (Å²) in [4.78, 5) is 25.0. The van der Waals surface area contributed by atoms with Crippen molar-refractivity contribution in [1.82, 2.24) is 10.2 Å². The van der Waals surface area contributed by atoms with Crippen LogP contribution in [0.25, 0.3) is 0 Å². The SMILES string of the molecule is CNCCC1CCN(CC(=O)Nc2ccc(OC)cc2[N+](=O)[O-])CC1. The van der Waals surface area contributed by atoms with Crippen molar-refractivity contribution in [3.63, 3.8) is 0 Å². The van der Waals surface area contributed by atoms with Gasteiger partial charge in [0.05, 0.1) is 24.6 Å². The van der Waals surface area contributed by atoms with Gasteiger partial charge in [-0.05, 0) is 64.0 Å². The van der Waals surface area contributed by atoms with Crippen LogP contribution in [-0.2, 0) is 4.79 Å². The molecule has 0 aromatic heterocycles. The highest BCUT2D eigenvalue weighted by Gasteiger charge is 2.22. The van der Waals surface area contributed by atoms with Gasteiger partial charge in [0.1, 0.15) is 11.4 Å². The molecule has 0 spiro atoms. The fourth-order valence-corrected chi connectivity index (χ4v) is 3.07. The van der Waals surface area contributed by atoms with Crippen LogP contribution in [-0.4, -0.2) is 56.1 Å². The number of ether oxygens (including phenoxy) is 1. The van der Waals surface area contributed by atoms with Gasteiger partial charge in [0.2, 0.25) is 5.91 Å². The van der Waals surface area contributed by atoms with Gasteiger partial charge in [-0.1, -0.05) is 0 Å². The Labute approximate surface area is 147 Å². The molecular weight excluding hydrogens is 324 g/mol. The number of nitro benzene ring substituents is 1. The van der Waals surface area contributed by atoms with E-state index in [-0.39, 0.29) is 23.8 Å². The zero-order valence-electron chi connectivity index (χ0n) is 14.8. The van der Waals surface area contributed by atoms with Crippen LogP contribution < -0.4 is 15.4 Å². The number of benzene rings is 1. The van der Waals surface area contributed by atoms with Gasteiger partial charge in [0.25, 0.3) is 5.69 Å². The number of hydrogen-bond donors (Lipinski definition) is 2. The number of nitrogens with one attached hydrogen (secondary N) is 2. The molecule has 0 bridgehead atoms. The lowest BCUT2D eigenvalue weighted by Gasteiger charge is -2.31. The first-order valence-electron chi connectivity index (χ1n) is 8.52. The van der Waals surface area contributed by atoms with Crippen LogP contribution in [0.1, 0.15) is 19.3 Å². The van der Waals surface area contributed by atoms with Gasteiger partial charge in [-0.15, -0.1) is 0 Å². The summed E-state index contributed by atoms with van der Waals surface area (Å²) in [5.41, 5.74) is 0.0261. The minimum Gasteiger partial charge on any atom is -0.496 e. The molecular formula is C17H26N4O4. The Morgan fingerprint density at radius 1 is 1.40 bits per heavy atom. The molecule has 0 aliphatic carbocycles. The van der Waals surface area contributed by atoms with Crippen LogP contribution in [0.4, 0.5) is 11.4 Å². The summed E-state index contributed by atoms with van der Waals surface area (Å²) in [6.45, 7) is 3.03. The van der Waals surface area contributed by atoms with Crippen molar-refractivity contribution in [2.24, 2.45) is 5.92 Å². The first-order valence-corrected chi connectivity index (χ1v) is 8.52. The van der Waals surface area contributed by atoms with Crippen LogP contribution in [0, 0.1) is 16.0 Å². The molecule has 8 heteroatoms. The van der Waals surface area contributed by atoms with E-state index in [1.807, 2.05) is 7.05 Å². The van der Waals surface area contributed by atoms with Crippen molar-refractivity contribution < 1.29 is 14.5 Å². The molecule has 8 nitrogen and oxygen atoms in total. The standard InChI is InChI=1S/C17H26N4O4/c1-18-8-5-13-6-9-20(10-7-13)12-17(22)19-15-4-3-14(25-2)11-16(15)21(23)24/h3-4,11,13,18H,5-10,12H2,1-2H3,(H,19,22). The van der Waals surface area contributed by atoms with Crippen molar-refractivity contribution >= 4 is 17.3 Å². The first kappa shape index (κ1) is 19.1. The van der Waals surface area contributed by atoms with Crippen LogP contribution in [0.2, 0.25) is 0 Å². The number of nitrogens with zero attached hydrogens (tertiary/aromatic N) is 2. The Balaban J connectivity index is 1.88. The lowest BCUT2D eigenvalue weighted by molar-refractivity contribution is -0.384. The molecule has 1 heterocycles. The van der Waals surface area contributed by atoms with Gasteiger partial charge >= 0.3 is 0 Å². The second kappa shape index (κ2) is 9.33. The Morgan fingerprint density at radius 3 is 2.72 bits per heavy atom. The number of carbonyl (C=O) groups excluding carboxylic acids is 1. The number of anilines is 1. The van der Waals surface area contributed by atoms with Crippen LogP contribution in [0.15, 0.2) is 18.2 Å². The van der Waals surface area contributed by atoms with Gasteiger partial charge in [0.15, 0.2) is 0 Å². The summed E-state index contributed by atoms with van der Waals surface area (Å²) >= 11 is 0. The second-order valence-corrected chi connectivity index (χ2v) is 6.30. The van der Waals surface area contributed by atoms with Gasteiger partial charge in [-0.2, -0.15) is 0 Å². The molecule has 2 N–H and O–H groups in total. The summed E-state index contributed by atoms with van der Waals surface area (Å²) in [6, 6.07) is 4.40. The molecule has 1 saturated heterocycles. The second-order valence-electron chi connectivity index (χ2n) is 6.30. The number of methoxy groups -OCH3 is 1. The van der Waals surface area contributed by atoms with E-state index in [1.54, 1.807) is 6.07 Å². The highest BCUT2D eigenvalue weighted by molar-refractivity contribution is 5.94. The predicted octanol–water partition coefficient (Wildman–Crippen LogP) is 1.86. The quantitative estimate of drug-likeness (QED) is 0.549. The third kappa shape index (κ3) is 5.68. The summed E-state index contributed by atoms with van der Waals surface area (Å²) in [7, 11) is 3.40. The maximum atomic E-state index is 12.2. The third-order valence-electron chi connectivity index (χ3n) is 4.55. The Kier molecular flexibility index (Phi) is 7.15. The molecule has 0 saturated carbocycles. The summed E-state index contributed by atoms with van der Waals surface area (Å²) in [5, 5.41) is 17.0. The van der Waals surface area contributed by atoms with Crippen LogP contribution in [0.5, 0.6) is 5.75 Å². The summed E-state index contributed by atoms with van der Waals surface area (Å²) in [5.74, 6) is 0.852. The van der Waals surface area contributed by atoms with E-state index in [0.717, 1.165) is 38.9 Å². The van der Waals surface area contributed by atoms with Crippen molar-refractivity contribution in [3.05, 3.63) is 28.3 Å². The van der Waals surface area contributed by atoms with E-state index in [0.29, 0.717) is 11.7 Å². The number of hydrogen-bond acceptors (Lipinski definition) is 6. The summed E-state index contributed by atoms with van der Waals surface area (Å²) in [6.07, 6.45) is 3.32. The van der Waals surface area contributed by atoms with Crippen LogP contribution in [0.3, 0.4) is 0 Å². The molecule has 0 unspecified atom stereocenters. The van der Waals surface area contributed by atoms with E-state index in [1.165, 1.54) is 19.2 Å². The highest BCUT2D eigenvalue weighted by atomic mass is 16.6. The van der Waals surface area contributed by atoms with Gasteiger partial charge in [-0.25, -0.2) is 0 Å². The maximum Gasteiger partial charge on any atom is 0.296 e. The number of likely N-dealkylation sites (tertiary alicyclic amines) is 1. The maximum absolute atomic E-state index is 12.2. The molecule has 1 amide bonds. The number of piperidine rings is 1. The van der Waals surface area contributed by atoms with E-state index in [4.69, 9.17) is 4.74 Å². The number of rotatable bonds is 8. The fourth-order valence-electron chi connectivity index (χ4n) is 3.07. The Hall–Kier alpha value is -2.19. The minimum atomic E-state index is -0.522. The molecule has 0 radical (unpaired) electrons. The topological polar surface area (TPSA) is 96.7 Å². The molecule has 25 heavy (non-hydrogen) atoms. The number of nitro groups is 1. The molecule has 1 fully saturated rings. The largest absolute Gasteiger partial charge is 0.496 e. The van der Waals surface area contributed by atoms with E-state index < -0.39 is 4.92 Å². The lowest BCUT2D eigenvalue weighted by Crippen LogP contribution is -2.39. The lowest BCUT2D eigenvalue weighted by atomic mass is 9.93. The van der Waals surface area contributed by atoms with Gasteiger partial charge < -0.3 is 15.4 Å². The minimum absolute atomic E-state index is 0.168. The Morgan fingerprint density at radius 2 is 2.12 bits per heavy atom. The molecule has 0 atom stereocenters. The summed E-state index contributed by atoms with van der Waals surface area (Å²) < 4.78 is 4.99. The molecule has 138 valence electrons. The van der Waals surface area contributed by atoms with Crippen LogP contribution >= 0.6 is 0 Å². The fraction of sp³-hybridized carbons (Fsp3) is 0.588. The van der Waals surface area contributed by atoms with Crippen molar-refractivity contribution in [2.45, 2.75) is 19.3 Å². The zero-order valence-corrected chi connectivity index (χ0v) is 14.8. The third-order valence-corrected chi connectivity index (χ3v) is 4.55. The molecule has 1 aliphatic rings. The number of carbonyl (C=O) groups is 1. The van der Waals surface area contributed by atoms with Gasteiger partial charge in [0, 0.05) is 0 Å². The highest BCUT2D eigenvalue weighted by Crippen LogP contribution is 2.29. The van der Waals surface area contributed by atoms with Gasteiger partial charge in [-0.3, -0.25) is 19.8 Å². The average molecular weight is 350 g/mol. The molecule has 1 aromatic carbocycles. The normalized spacial score (nSPS) is 15.8. The average Bonchev–Trinajstić information content (AvgIpc) is 2.61. The smallest absolute Gasteiger partial charge is 0.296 e. The molecule has 1 aliphatic heterocycles. The monoisotopic (exact) mass is 350 g/mol.